The molecule has 17 heavy (non-hydrogen) atoms. The lowest BCUT2D eigenvalue weighted by Gasteiger charge is -2.23. The van der Waals surface area contributed by atoms with Crippen LogP contribution in [0.4, 0.5) is 0 Å². The van der Waals surface area contributed by atoms with Crippen molar-refractivity contribution in [1.29, 1.82) is 0 Å². The maximum absolute atomic E-state index is 5.88. The van der Waals surface area contributed by atoms with E-state index >= 15 is 0 Å². The lowest BCUT2D eigenvalue weighted by Crippen LogP contribution is -2.20. The number of benzene rings is 1. The highest BCUT2D eigenvalue weighted by atomic mass is 35.5. The van der Waals surface area contributed by atoms with Crippen LogP contribution in [0.5, 0.6) is 0 Å². The van der Waals surface area contributed by atoms with E-state index in [1.54, 1.807) is 0 Å². The molecule has 0 atom stereocenters. The normalized spacial score (nSPS) is 11.8. The fourth-order valence-electron chi connectivity index (χ4n) is 1.79. The summed E-state index contributed by atoms with van der Waals surface area (Å²) in [4.78, 5) is 4.24. The first kappa shape index (κ1) is 12.1. The molecule has 0 saturated carbocycles. The summed E-state index contributed by atoms with van der Waals surface area (Å²) >= 11 is 5.88. The average Bonchev–Trinajstić information content (AvgIpc) is 2.63. The minimum Gasteiger partial charge on any atom is -0.339 e. The van der Waals surface area contributed by atoms with Gasteiger partial charge in [0.1, 0.15) is 0 Å². The molecule has 0 aliphatic rings. The molecule has 1 aromatic heterocycles. The van der Waals surface area contributed by atoms with Gasteiger partial charge in [0, 0.05) is 11.4 Å². The molecule has 2 rings (SSSR count). The van der Waals surface area contributed by atoms with Crippen LogP contribution in [0.25, 0.3) is 0 Å². The number of rotatable bonds is 3. The molecule has 0 aliphatic heterocycles. The Hall–Kier alpha value is -1.35. The summed E-state index contributed by atoms with van der Waals surface area (Å²) in [7, 11) is 0. The fraction of sp³-hybridized carbons (Fsp3) is 0.385. The molecule has 4 heteroatoms. The Morgan fingerprint density at radius 3 is 2.41 bits per heavy atom. The molecule has 0 fully saturated rings. The van der Waals surface area contributed by atoms with E-state index in [9.17, 15) is 0 Å². The SMILES string of the molecule is Cc1noc(CC(C)(C)c2ccc(Cl)cc2)n1. The summed E-state index contributed by atoms with van der Waals surface area (Å²) in [5.41, 5.74) is 1.15. The Morgan fingerprint density at radius 2 is 1.88 bits per heavy atom. The monoisotopic (exact) mass is 250 g/mol. The summed E-state index contributed by atoms with van der Waals surface area (Å²) in [6.07, 6.45) is 0.718. The Labute approximate surface area is 106 Å². The molecule has 1 aromatic carbocycles. The second kappa shape index (κ2) is 4.49. The lowest BCUT2D eigenvalue weighted by molar-refractivity contribution is 0.345. The number of hydrogen-bond donors (Lipinski definition) is 0. The van der Waals surface area contributed by atoms with Crippen molar-refractivity contribution in [3.05, 3.63) is 46.6 Å². The summed E-state index contributed by atoms with van der Waals surface area (Å²) in [6, 6.07) is 7.87. The predicted octanol–water partition coefficient (Wildman–Crippen LogP) is 3.55. The van der Waals surface area contributed by atoms with Crippen LogP contribution in [-0.4, -0.2) is 10.1 Å². The molecular weight excluding hydrogens is 236 g/mol. The highest BCUT2D eigenvalue weighted by molar-refractivity contribution is 6.30. The predicted molar refractivity (Wildman–Crippen MR) is 67.2 cm³/mol. The molecule has 3 nitrogen and oxygen atoms in total. The van der Waals surface area contributed by atoms with Gasteiger partial charge < -0.3 is 4.52 Å². The molecule has 0 aliphatic carbocycles. The van der Waals surface area contributed by atoms with Gasteiger partial charge in [-0.2, -0.15) is 4.98 Å². The van der Waals surface area contributed by atoms with Gasteiger partial charge >= 0.3 is 0 Å². The average molecular weight is 251 g/mol. The molecule has 0 radical (unpaired) electrons. The van der Waals surface area contributed by atoms with Gasteiger partial charge in [-0.05, 0) is 30.0 Å². The molecular formula is C13H15ClN2O. The third-order valence-electron chi connectivity index (χ3n) is 2.79. The fourth-order valence-corrected chi connectivity index (χ4v) is 1.92. The molecule has 0 bridgehead atoms. The molecule has 0 spiro atoms. The third kappa shape index (κ3) is 2.86. The van der Waals surface area contributed by atoms with Gasteiger partial charge in [-0.15, -0.1) is 0 Å². The van der Waals surface area contributed by atoms with Crippen molar-refractivity contribution in [2.45, 2.75) is 32.6 Å². The largest absolute Gasteiger partial charge is 0.339 e. The van der Waals surface area contributed by atoms with Crippen molar-refractivity contribution in [2.24, 2.45) is 0 Å². The van der Waals surface area contributed by atoms with Crippen molar-refractivity contribution < 1.29 is 4.52 Å². The quantitative estimate of drug-likeness (QED) is 0.836. The highest BCUT2D eigenvalue weighted by Gasteiger charge is 2.24. The van der Waals surface area contributed by atoms with Crippen molar-refractivity contribution in [1.82, 2.24) is 10.1 Å². The Balaban J connectivity index is 2.21. The van der Waals surface area contributed by atoms with E-state index in [1.165, 1.54) is 5.56 Å². The van der Waals surface area contributed by atoms with Gasteiger partial charge in [0.2, 0.25) is 5.89 Å². The van der Waals surface area contributed by atoms with Crippen molar-refractivity contribution >= 4 is 11.6 Å². The molecule has 0 saturated heterocycles. The second-order valence-electron chi connectivity index (χ2n) is 4.80. The van der Waals surface area contributed by atoms with Crippen LogP contribution in [0.1, 0.15) is 31.1 Å². The van der Waals surface area contributed by atoms with Gasteiger partial charge in [-0.1, -0.05) is 42.7 Å². The molecule has 1 heterocycles. The maximum atomic E-state index is 5.88. The number of nitrogens with zero attached hydrogens (tertiary/aromatic N) is 2. The summed E-state index contributed by atoms with van der Waals surface area (Å²) in [6.45, 7) is 6.12. The van der Waals surface area contributed by atoms with Crippen LogP contribution >= 0.6 is 11.6 Å². The van der Waals surface area contributed by atoms with Crippen LogP contribution in [0.3, 0.4) is 0 Å². The van der Waals surface area contributed by atoms with Crippen molar-refractivity contribution in [3.8, 4) is 0 Å². The van der Waals surface area contributed by atoms with Gasteiger partial charge in [0.05, 0.1) is 0 Å². The van der Waals surface area contributed by atoms with Crippen molar-refractivity contribution in [2.75, 3.05) is 0 Å². The zero-order chi connectivity index (χ0) is 12.5. The number of hydrogen-bond acceptors (Lipinski definition) is 3. The van der Waals surface area contributed by atoms with Crippen molar-refractivity contribution in [3.63, 3.8) is 0 Å². The summed E-state index contributed by atoms with van der Waals surface area (Å²) in [5.74, 6) is 1.34. The molecule has 90 valence electrons. The topological polar surface area (TPSA) is 38.9 Å². The van der Waals surface area contributed by atoms with E-state index in [2.05, 4.69) is 24.0 Å². The van der Waals surface area contributed by atoms with E-state index in [4.69, 9.17) is 16.1 Å². The highest BCUT2D eigenvalue weighted by Crippen LogP contribution is 2.28. The molecule has 0 amide bonds. The lowest BCUT2D eigenvalue weighted by atomic mass is 9.81. The molecule has 2 aromatic rings. The standard InChI is InChI=1S/C13H15ClN2O/c1-9-15-12(17-16-9)8-13(2,3)10-4-6-11(14)7-5-10/h4-7H,8H2,1-3H3. The van der Waals surface area contributed by atoms with Crippen LogP contribution in [0.2, 0.25) is 5.02 Å². The Morgan fingerprint density at radius 1 is 1.24 bits per heavy atom. The first-order chi connectivity index (χ1) is 7.97. The maximum Gasteiger partial charge on any atom is 0.227 e. The first-order valence-electron chi connectivity index (χ1n) is 5.52. The molecule has 0 unspecified atom stereocenters. The smallest absolute Gasteiger partial charge is 0.227 e. The number of halogens is 1. The van der Waals surface area contributed by atoms with Crippen LogP contribution in [0.15, 0.2) is 28.8 Å². The zero-order valence-corrected chi connectivity index (χ0v) is 11.0. The van der Waals surface area contributed by atoms with E-state index in [0.717, 1.165) is 11.4 Å². The minimum atomic E-state index is -0.0520. The van der Waals surface area contributed by atoms with E-state index < -0.39 is 0 Å². The molecule has 0 N–H and O–H groups in total. The van der Waals surface area contributed by atoms with Gasteiger partial charge in [0.15, 0.2) is 5.82 Å². The van der Waals surface area contributed by atoms with E-state index in [-0.39, 0.29) is 5.41 Å². The minimum absolute atomic E-state index is 0.0520. The van der Waals surface area contributed by atoms with Gasteiger partial charge in [0.25, 0.3) is 0 Å². The summed E-state index contributed by atoms with van der Waals surface area (Å²) < 4.78 is 5.16. The Kier molecular flexibility index (Phi) is 3.20. The summed E-state index contributed by atoms with van der Waals surface area (Å²) in [5, 5.41) is 4.55. The van der Waals surface area contributed by atoms with Crippen LogP contribution in [-0.2, 0) is 11.8 Å². The van der Waals surface area contributed by atoms with Crippen LogP contribution < -0.4 is 0 Å². The zero-order valence-electron chi connectivity index (χ0n) is 10.2. The second-order valence-corrected chi connectivity index (χ2v) is 5.24. The van der Waals surface area contributed by atoms with E-state index in [1.807, 2.05) is 31.2 Å². The number of aryl methyl sites for hydroxylation is 1. The number of aromatic nitrogens is 2. The Bertz CT molecular complexity index is 502. The van der Waals surface area contributed by atoms with E-state index in [0.29, 0.717) is 11.7 Å². The van der Waals surface area contributed by atoms with Gasteiger partial charge in [-0.25, -0.2) is 0 Å². The first-order valence-corrected chi connectivity index (χ1v) is 5.90. The third-order valence-corrected chi connectivity index (χ3v) is 3.04. The van der Waals surface area contributed by atoms with Gasteiger partial charge in [-0.3, -0.25) is 0 Å². The van der Waals surface area contributed by atoms with Crippen LogP contribution in [0, 0.1) is 6.92 Å².